The van der Waals surface area contributed by atoms with E-state index in [0.29, 0.717) is 29.4 Å². The molecular formula is C18H18ClN3O2. The number of nitrogens with one attached hydrogen (secondary N) is 1. The summed E-state index contributed by atoms with van der Waals surface area (Å²) >= 11 is 5.94. The van der Waals surface area contributed by atoms with E-state index in [-0.39, 0.29) is 17.9 Å². The molecule has 0 saturated carbocycles. The number of rotatable bonds is 3. The molecule has 2 heterocycles. The van der Waals surface area contributed by atoms with E-state index in [1.807, 2.05) is 0 Å². The number of carbonyl (C=O) groups excluding carboxylic acids is 2. The first-order valence-corrected chi connectivity index (χ1v) is 8.28. The van der Waals surface area contributed by atoms with Crippen molar-refractivity contribution in [2.75, 3.05) is 13.1 Å². The molecule has 3 rings (SSSR count). The van der Waals surface area contributed by atoms with Crippen LogP contribution in [0.4, 0.5) is 0 Å². The molecule has 2 amide bonds. The van der Waals surface area contributed by atoms with E-state index in [4.69, 9.17) is 11.6 Å². The fraction of sp³-hybridized carbons (Fsp3) is 0.278. The fourth-order valence-corrected chi connectivity index (χ4v) is 2.98. The Hall–Kier alpha value is -2.40. The molecule has 6 heteroatoms. The molecule has 0 aliphatic carbocycles. The lowest BCUT2D eigenvalue weighted by Gasteiger charge is -2.32. The molecule has 1 saturated heterocycles. The summed E-state index contributed by atoms with van der Waals surface area (Å²) in [6, 6.07) is 12.3. The Bertz CT molecular complexity index is 728. The predicted octanol–water partition coefficient (Wildman–Crippen LogP) is 2.77. The van der Waals surface area contributed by atoms with Gasteiger partial charge in [-0.2, -0.15) is 0 Å². The molecule has 0 unspecified atom stereocenters. The third-order valence-electron chi connectivity index (χ3n) is 4.09. The van der Waals surface area contributed by atoms with Crippen LogP contribution >= 0.6 is 11.6 Å². The summed E-state index contributed by atoms with van der Waals surface area (Å²) in [5.41, 5.74) is 1.01. The molecule has 1 aliphatic heterocycles. The van der Waals surface area contributed by atoms with E-state index in [2.05, 4.69) is 10.3 Å². The third-order valence-corrected chi connectivity index (χ3v) is 4.32. The summed E-state index contributed by atoms with van der Waals surface area (Å²) in [5, 5.41) is 3.54. The second-order valence-corrected chi connectivity index (χ2v) is 6.20. The number of likely N-dealkylation sites (tertiary alicyclic amines) is 1. The molecule has 1 aromatic carbocycles. The number of benzene rings is 1. The van der Waals surface area contributed by atoms with Crippen LogP contribution in [0.5, 0.6) is 0 Å². The number of pyridine rings is 1. The van der Waals surface area contributed by atoms with Crippen LogP contribution in [-0.2, 0) is 0 Å². The van der Waals surface area contributed by atoms with E-state index in [0.717, 1.165) is 12.8 Å². The number of amides is 2. The summed E-state index contributed by atoms with van der Waals surface area (Å²) in [6.45, 7) is 1.22. The maximum atomic E-state index is 12.5. The van der Waals surface area contributed by atoms with Crippen LogP contribution in [0.25, 0.3) is 0 Å². The Morgan fingerprint density at radius 1 is 1.12 bits per heavy atom. The number of halogens is 1. The van der Waals surface area contributed by atoms with Crippen molar-refractivity contribution in [3.63, 3.8) is 0 Å². The van der Waals surface area contributed by atoms with Gasteiger partial charge < -0.3 is 10.2 Å². The summed E-state index contributed by atoms with van der Waals surface area (Å²) in [6.07, 6.45) is 3.05. The lowest BCUT2D eigenvalue weighted by Crippen LogP contribution is -2.46. The largest absolute Gasteiger partial charge is 0.348 e. The van der Waals surface area contributed by atoms with Gasteiger partial charge in [-0.1, -0.05) is 23.7 Å². The van der Waals surface area contributed by atoms with E-state index in [1.54, 1.807) is 53.6 Å². The van der Waals surface area contributed by atoms with Crippen molar-refractivity contribution in [2.24, 2.45) is 0 Å². The molecule has 2 aromatic rings. The van der Waals surface area contributed by atoms with Crippen LogP contribution in [0.3, 0.4) is 0 Å². The van der Waals surface area contributed by atoms with E-state index in [1.165, 1.54) is 0 Å². The van der Waals surface area contributed by atoms with Gasteiger partial charge in [0.25, 0.3) is 11.8 Å². The van der Waals surface area contributed by atoms with Gasteiger partial charge in [0, 0.05) is 35.9 Å². The minimum absolute atomic E-state index is 0.0213. The van der Waals surface area contributed by atoms with Gasteiger partial charge in [-0.05, 0) is 43.2 Å². The van der Waals surface area contributed by atoms with Crippen LogP contribution in [0.15, 0.2) is 48.7 Å². The van der Waals surface area contributed by atoms with Gasteiger partial charge in [0.2, 0.25) is 0 Å². The highest BCUT2D eigenvalue weighted by Crippen LogP contribution is 2.17. The number of hydrogen-bond acceptors (Lipinski definition) is 3. The van der Waals surface area contributed by atoms with Gasteiger partial charge in [0.1, 0.15) is 5.69 Å². The van der Waals surface area contributed by atoms with Gasteiger partial charge in [-0.3, -0.25) is 14.6 Å². The van der Waals surface area contributed by atoms with Crippen LogP contribution in [0, 0.1) is 0 Å². The lowest BCUT2D eigenvalue weighted by atomic mass is 10.0. The van der Waals surface area contributed by atoms with Gasteiger partial charge in [0.05, 0.1) is 0 Å². The highest BCUT2D eigenvalue weighted by molar-refractivity contribution is 6.30. The Kier molecular flexibility index (Phi) is 5.11. The Morgan fingerprint density at radius 3 is 2.58 bits per heavy atom. The standard InChI is InChI=1S/C18H18ClN3O2/c19-14-5-3-4-13(12-14)18(24)22-10-7-15(8-11-22)21-17(23)16-6-1-2-9-20-16/h1-6,9,12,15H,7-8,10-11H2,(H,21,23). The fourth-order valence-electron chi connectivity index (χ4n) is 2.79. The van der Waals surface area contributed by atoms with Crippen LogP contribution in [-0.4, -0.2) is 40.8 Å². The van der Waals surface area contributed by atoms with Crippen molar-refractivity contribution >= 4 is 23.4 Å². The summed E-state index contributed by atoms with van der Waals surface area (Å²) in [7, 11) is 0. The SMILES string of the molecule is O=C(NC1CCN(C(=O)c2cccc(Cl)c2)CC1)c1ccccn1. The summed E-state index contributed by atoms with van der Waals surface area (Å²) in [5.74, 6) is -0.192. The predicted molar refractivity (Wildman–Crippen MR) is 92.1 cm³/mol. The minimum Gasteiger partial charge on any atom is -0.348 e. The molecule has 0 bridgehead atoms. The molecule has 24 heavy (non-hydrogen) atoms. The van der Waals surface area contributed by atoms with E-state index in [9.17, 15) is 9.59 Å². The molecule has 1 aromatic heterocycles. The maximum absolute atomic E-state index is 12.5. The van der Waals surface area contributed by atoms with E-state index < -0.39 is 0 Å². The van der Waals surface area contributed by atoms with Crippen LogP contribution in [0.1, 0.15) is 33.7 Å². The molecule has 0 spiro atoms. The highest BCUT2D eigenvalue weighted by atomic mass is 35.5. The topological polar surface area (TPSA) is 62.3 Å². The normalized spacial score (nSPS) is 15.1. The second-order valence-electron chi connectivity index (χ2n) is 5.77. The zero-order valence-electron chi connectivity index (χ0n) is 13.1. The quantitative estimate of drug-likeness (QED) is 0.932. The minimum atomic E-state index is -0.171. The summed E-state index contributed by atoms with van der Waals surface area (Å²) in [4.78, 5) is 30.4. The van der Waals surface area contributed by atoms with Crippen LogP contribution < -0.4 is 5.32 Å². The monoisotopic (exact) mass is 343 g/mol. The molecule has 1 fully saturated rings. The number of hydrogen-bond donors (Lipinski definition) is 1. The maximum Gasteiger partial charge on any atom is 0.270 e. The smallest absolute Gasteiger partial charge is 0.270 e. The van der Waals surface area contributed by atoms with E-state index >= 15 is 0 Å². The highest BCUT2D eigenvalue weighted by Gasteiger charge is 2.25. The molecular weight excluding hydrogens is 326 g/mol. The molecule has 0 atom stereocenters. The van der Waals surface area contributed by atoms with Crippen molar-refractivity contribution in [2.45, 2.75) is 18.9 Å². The molecule has 1 N–H and O–H groups in total. The van der Waals surface area contributed by atoms with Gasteiger partial charge >= 0.3 is 0 Å². The first-order chi connectivity index (χ1) is 11.6. The number of nitrogens with zero attached hydrogens (tertiary/aromatic N) is 2. The average molecular weight is 344 g/mol. The van der Waals surface area contributed by atoms with Gasteiger partial charge in [0.15, 0.2) is 0 Å². The average Bonchev–Trinajstić information content (AvgIpc) is 2.62. The van der Waals surface area contributed by atoms with Gasteiger partial charge in [-0.15, -0.1) is 0 Å². The van der Waals surface area contributed by atoms with Crippen molar-refractivity contribution < 1.29 is 9.59 Å². The van der Waals surface area contributed by atoms with Crippen molar-refractivity contribution in [1.29, 1.82) is 0 Å². The zero-order valence-corrected chi connectivity index (χ0v) is 13.9. The van der Waals surface area contributed by atoms with Crippen molar-refractivity contribution in [3.8, 4) is 0 Å². The molecule has 124 valence electrons. The first-order valence-electron chi connectivity index (χ1n) is 7.90. The Labute approximate surface area is 145 Å². The number of aromatic nitrogens is 1. The summed E-state index contributed by atoms with van der Waals surface area (Å²) < 4.78 is 0. The van der Waals surface area contributed by atoms with Crippen molar-refractivity contribution in [1.82, 2.24) is 15.2 Å². The lowest BCUT2D eigenvalue weighted by molar-refractivity contribution is 0.0697. The molecule has 5 nitrogen and oxygen atoms in total. The Morgan fingerprint density at radius 2 is 1.92 bits per heavy atom. The number of carbonyl (C=O) groups is 2. The first kappa shape index (κ1) is 16.5. The number of piperidine rings is 1. The van der Waals surface area contributed by atoms with Gasteiger partial charge in [-0.25, -0.2) is 0 Å². The molecule has 0 radical (unpaired) electrons. The zero-order chi connectivity index (χ0) is 16.9. The Balaban J connectivity index is 1.54. The van der Waals surface area contributed by atoms with Crippen LogP contribution in [0.2, 0.25) is 5.02 Å². The molecule has 1 aliphatic rings. The third kappa shape index (κ3) is 3.92. The van der Waals surface area contributed by atoms with Crippen molar-refractivity contribution in [3.05, 3.63) is 64.9 Å². The second kappa shape index (κ2) is 7.45.